The van der Waals surface area contributed by atoms with Crippen LogP contribution in [0.3, 0.4) is 0 Å². The summed E-state index contributed by atoms with van der Waals surface area (Å²) in [5.41, 5.74) is 1.70. The third-order valence-corrected chi connectivity index (χ3v) is 3.22. The van der Waals surface area contributed by atoms with Crippen molar-refractivity contribution < 1.29 is 13.5 Å². The Bertz CT molecular complexity index is 413. The van der Waals surface area contributed by atoms with E-state index in [0.29, 0.717) is 0 Å². The largest absolute Gasteiger partial charge is 0.496 e. The molecule has 0 radical (unpaired) electrons. The molecule has 0 aliphatic heterocycles. The molecule has 0 aliphatic carbocycles. The van der Waals surface area contributed by atoms with Gasteiger partial charge in [-0.3, -0.25) is 0 Å². The Morgan fingerprint density at radius 1 is 1.35 bits per heavy atom. The van der Waals surface area contributed by atoms with E-state index in [2.05, 4.69) is 12.2 Å². The highest BCUT2D eigenvalue weighted by atomic mass is 19.3. The Labute approximate surface area is 119 Å². The van der Waals surface area contributed by atoms with Gasteiger partial charge in [0.2, 0.25) is 0 Å². The molecule has 0 aromatic heterocycles. The highest BCUT2D eigenvalue weighted by molar-refractivity contribution is 5.60. The van der Waals surface area contributed by atoms with E-state index in [1.807, 2.05) is 25.1 Å². The number of anilines is 1. The van der Waals surface area contributed by atoms with Crippen LogP contribution in [0.25, 0.3) is 0 Å². The minimum Gasteiger partial charge on any atom is -0.496 e. The van der Waals surface area contributed by atoms with Crippen molar-refractivity contribution in [3.8, 4) is 5.75 Å². The second-order valence-corrected chi connectivity index (χ2v) is 4.84. The maximum Gasteiger partial charge on any atom is 0.255 e. The van der Waals surface area contributed by atoms with Crippen LogP contribution in [0.1, 0.15) is 31.9 Å². The Hall–Kier alpha value is -1.36. The molecule has 0 amide bonds. The van der Waals surface area contributed by atoms with Crippen LogP contribution in [-0.4, -0.2) is 33.7 Å². The number of halogens is 2. The molecule has 0 bridgehead atoms. The summed E-state index contributed by atoms with van der Waals surface area (Å²) in [6, 6.07) is 5.58. The van der Waals surface area contributed by atoms with Gasteiger partial charge in [0.1, 0.15) is 5.75 Å². The van der Waals surface area contributed by atoms with Gasteiger partial charge in [-0.2, -0.15) is 0 Å². The van der Waals surface area contributed by atoms with Gasteiger partial charge in [-0.25, -0.2) is 8.78 Å². The molecule has 1 N–H and O–H groups in total. The van der Waals surface area contributed by atoms with Crippen molar-refractivity contribution >= 4 is 5.69 Å². The summed E-state index contributed by atoms with van der Waals surface area (Å²) in [6.07, 6.45) is -1.35. The average Bonchev–Trinajstić information content (AvgIpc) is 2.42. The first kappa shape index (κ1) is 16.7. The summed E-state index contributed by atoms with van der Waals surface area (Å²) in [5, 5.41) is 3.38. The first-order valence-electron chi connectivity index (χ1n) is 6.90. The molecular weight excluding hydrogens is 262 g/mol. The van der Waals surface area contributed by atoms with Gasteiger partial charge in [-0.1, -0.05) is 13.0 Å². The molecule has 20 heavy (non-hydrogen) atoms. The van der Waals surface area contributed by atoms with E-state index in [9.17, 15) is 8.78 Å². The molecule has 3 nitrogen and oxygen atoms in total. The fraction of sp³-hybridized carbons (Fsp3) is 0.600. The predicted octanol–water partition coefficient (Wildman–Crippen LogP) is 3.46. The van der Waals surface area contributed by atoms with E-state index in [1.54, 1.807) is 19.1 Å². The number of rotatable bonds is 8. The predicted molar refractivity (Wildman–Crippen MR) is 79.0 cm³/mol. The van der Waals surface area contributed by atoms with Gasteiger partial charge in [0.05, 0.1) is 13.7 Å². The molecule has 0 fully saturated rings. The molecule has 0 saturated carbocycles. The van der Waals surface area contributed by atoms with E-state index < -0.39 is 6.43 Å². The standard InChI is InChI=1S/C15H24F2N2O/c1-5-9-18-11(2)15-12(19(3)10-14(16)17)7-6-8-13(15)20-4/h6-8,11,14,18H,5,9-10H2,1-4H3. The molecular formula is C15H24F2N2O. The topological polar surface area (TPSA) is 24.5 Å². The molecule has 5 heteroatoms. The normalized spacial score (nSPS) is 12.6. The van der Waals surface area contributed by atoms with Gasteiger partial charge in [0.25, 0.3) is 6.43 Å². The van der Waals surface area contributed by atoms with E-state index in [4.69, 9.17) is 4.74 Å². The van der Waals surface area contributed by atoms with Gasteiger partial charge in [-0.05, 0) is 32.0 Å². The molecule has 114 valence electrons. The third kappa shape index (κ3) is 4.34. The average molecular weight is 286 g/mol. The van der Waals surface area contributed by atoms with Gasteiger partial charge >= 0.3 is 0 Å². The fourth-order valence-electron chi connectivity index (χ4n) is 2.25. The highest BCUT2D eigenvalue weighted by Crippen LogP contribution is 2.34. The van der Waals surface area contributed by atoms with Crippen LogP contribution in [0.5, 0.6) is 5.75 Å². The zero-order valence-electron chi connectivity index (χ0n) is 12.6. The van der Waals surface area contributed by atoms with Crippen molar-refractivity contribution in [1.29, 1.82) is 0 Å². The van der Waals surface area contributed by atoms with Gasteiger partial charge in [0.15, 0.2) is 0 Å². The van der Waals surface area contributed by atoms with Crippen LogP contribution < -0.4 is 15.0 Å². The lowest BCUT2D eigenvalue weighted by Crippen LogP contribution is -2.28. The minimum absolute atomic E-state index is 0.0428. The molecule has 1 aromatic rings. The number of hydrogen-bond acceptors (Lipinski definition) is 3. The van der Waals surface area contributed by atoms with Crippen LogP contribution in [0.2, 0.25) is 0 Å². The van der Waals surface area contributed by atoms with E-state index in [-0.39, 0.29) is 12.6 Å². The first-order chi connectivity index (χ1) is 9.51. The first-order valence-corrected chi connectivity index (χ1v) is 6.90. The number of benzene rings is 1. The number of hydrogen-bond donors (Lipinski definition) is 1. The van der Waals surface area contributed by atoms with Crippen molar-refractivity contribution in [2.45, 2.75) is 32.7 Å². The SMILES string of the molecule is CCCNC(C)c1c(OC)cccc1N(C)CC(F)F. The van der Waals surface area contributed by atoms with E-state index in [1.165, 1.54) is 0 Å². The highest BCUT2D eigenvalue weighted by Gasteiger charge is 2.19. The third-order valence-electron chi connectivity index (χ3n) is 3.22. The Balaban J connectivity index is 3.09. The summed E-state index contributed by atoms with van der Waals surface area (Å²) in [4.78, 5) is 1.58. The monoisotopic (exact) mass is 286 g/mol. The number of ether oxygens (including phenoxy) is 1. The smallest absolute Gasteiger partial charge is 0.255 e. The van der Waals surface area contributed by atoms with Crippen LogP contribution in [0.15, 0.2) is 18.2 Å². The van der Waals surface area contributed by atoms with Crippen LogP contribution >= 0.6 is 0 Å². The number of nitrogens with one attached hydrogen (secondary N) is 1. The number of alkyl halides is 2. The number of nitrogens with zero attached hydrogens (tertiary/aromatic N) is 1. The zero-order chi connectivity index (χ0) is 15.1. The summed E-state index contributed by atoms with van der Waals surface area (Å²) in [7, 11) is 3.28. The lowest BCUT2D eigenvalue weighted by molar-refractivity contribution is 0.156. The van der Waals surface area contributed by atoms with Crippen LogP contribution in [0, 0.1) is 0 Å². The van der Waals surface area contributed by atoms with Gasteiger partial charge < -0.3 is 15.0 Å². The van der Waals surface area contributed by atoms with Crippen molar-refractivity contribution in [1.82, 2.24) is 5.32 Å². The van der Waals surface area contributed by atoms with Crippen molar-refractivity contribution in [2.24, 2.45) is 0 Å². The Morgan fingerprint density at radius 2 is 2.05 bits per heavy atom. The van der Waals surface area contributed by atoms with E-state index >= 15 is 0 Å². The van der Waals surface area contributed by atoms with Crippen molar-refractivity contribution in [3.63, 3.8) is 0 Å². The van der Waals surface area contributed by atoms with Gasteiger partial charge in [0, 0.05) is 24.3 Å². The zero-order valence-corrected chi connectivity index (χ0v) is 12.6. The summed E-state index contributed by atoms with van der Waals surface area (Å²) < 4.78 is 30.6. The number of methoxy groups -OCH3 is 1. The maximum atomic E-state index is 12.6. The summed E-state index contributed by atoms with van der Waals surface area (Å²) >= 11 is 0. The lowest BCUT2D eigenvalue weighted by atomic mass is 10.0. The quantitative estimate of drug-likeness (QED) is 0.792. The molecule has 0 aliphatic rings. The van der Waals surface area contributed by atoms with Crippen molar-refractivity contribution in [2.75, 3.05) is 32.1 Å². The maximum absolute atomic E-state index is 12.6. The van der Waals surface area contributed by atoms with Crippen molar-refractivity contribution in [3.05, 3.63) is 23.8 Å². The summed E-state index contributed by atoms with van der Waals surface area (Å²) in [5.74, 6) is 0.722. The molecule has 1 unspecified atom stereocenters. The molecule has 1 aromatic carbocycles. The lowest BCUT2D eigenvalue weighted by Gasteiger charge is -2.27. The van der Waals surface area contributed by atoms with E-state index in [0.717, 1.165) is 30.0 Å². The molecule has 1 atom stereocenters. The summed E-state index contributed by atoms with van der Waals surface area (Å²) in [6.45, 7) is 4.69. The second kappa shape index (κ2) is 8.04. The van der Waals surface area contributed by atoms with Crippen LogP contribution in [-0.2, 0) is 0 Å². The molecule has 0 spiro atoms. The molecule has 1 rings (SSSR count). The molecule has 0 heterocycles. The van der Waals surface area contributed by atoms with Gasteiger partial charge in [-0.15, -0.1) is 0 Å². The van der Waals surface area contributed by atoms with Crippen LogP contribution in [0.4, 0.5) is 14.5 Å². The molecule has 0 saturated heterocycles. The second-order valence-electron chi connectivity index (χ2n) is 4.84. The minimum atomic E-state index is -2.36. The fourth-order valence-corrected chi connectivity index (χ4v) is 2.25. The Kier molecular flexibility index (Phi) is 6.71. The Morgan fingerprint density at radius 3 is 2.60 bits per heavy atom.